The lowest BCUT2D eigenvalue weighted by molar-refractivity contribution is 0.238. The molecule has 1 N–H and O–H groups in total. The molecule has 0 aromatic heterocycles. The number of hydrogen-bond acceptors (Lipinski definition) is 1. The van der Waals surface area contributed by atoms with Gasteiger partial charge in [-0.25, -0.2) is 0 Å². The van der Waals surface area contributed by atoms with E-state index in [0.29, 0.717) is 16.6 Å². The summed E-state index contributed by atoms with van der Waals surface area (Å²) in [4.78, 5) is 0. The third kappa shape index (κ3) is 4.74. The van der Waals surface area contributed by atoms with Crippen molar-refractivity contribution in [1.29, 1.82) is 0 Å². The molecule has 1 rings (SSSR count). The molecule has 124 valence electrons. The van der Waals surface area contributed by atoms with Crippen LogP contribution in [0, 0.1) is 30.2 Å². The quantitative estimate of drug-likeness (QED) is 0.591. The first kappa shape index (κ1) is 19.6. The molecule has 0 aliphatic heterocycles. The monoisotopic (exact) mass is 326 g/mol. The molecule has 0 radical (unpaired) electrons. The molecule has 1 nitrogen and oxygen atoms in total. The Labute approximate surface area is 143 Å². The van der Waals surface area contributed by atoms with Crippen molar-refractivity contribution in [3.63, 3.8) is 0 Å². The van der Waals surface area contributed by atoms with Gasteiger partial charge in [0.2, 0.25) is 0 Å². The Morgan fingerprint density at radius 3 is 1.74 bits per heavy atom. The van der Waals surface area contributed by atoms with Gasteiger partial charge in [0.15, 0.2) is 0 Å². The SMILES string of the molecule is Cc1ccc([C@@H](O)C#CC#C[Si](C(C)C)(C(C)C)C(C)C)cc1. The largest absolute Gasteiger partial charge is 0.376 e. The van der Waals surface area contributed by atoms with Crippen molar-refractivity contribution in [3.05, 3.63) is 35.4 Å². The topological polar surface area (TPSA) is 20.2 Å². The summed E-state index contributed by atoms with van der Waals surface area (Å²) in [7, 11) is -1.73. The molecule has 0 aliphatic carbocycles. The van der Waals surface area contributed by atoms with Crippen LogP contribution in [0.3, 0.4) is 0 Å². The molecule has 0 fully saturated rings. The van der Waals surface area contributed by atoms with Crippen LogP contribution >= 0.6 is 0 Å². The van der Waals surface area contributed by atoms with Gasteiger partial charge in [-0.2, -0.15) is 0 Å². The Hall–Kier alpha value is -1.48. The van der Waals surface area contributed by atoms with Crippen LogP contribution in [0.4, 0.5) is 0 Å². The first-order chi connectivity index (χ1) is 10.7. The summed E-state index contributed by atoms with van der Waals surface area (Å²) in [5.41, 5.74) is 7.34. The summed E-state index contributed by atoms with van der Waals surface area (Å²) in [6.45, 7) is 15.8. The van der Waals surface area contributed by atoms with Crippen LogP contribution in [0.15, 0.2) is 24.3 Å². The van der Waals surface area contributed by atoms with E-state index < -0.39 is 14.2 Å². The minimum Gasteiger partial charge on any atom is -0.376 e. The highest BCUT2D eigenvalue weighted by atomic mass is 28.3. The predicted octanol–water partition coefficient (Wildman–Crippen LogP) is 5.25. The summed E-state index contributed by atoms with van der Waals surface area (Å²) in [5, 5.41) is 10.1. The zero-order valence-corrected chi connectivity index (χ0v) is 16.6. The Bertz CT molecular complexity index is 596. The highest BCUT2D eigenvalue weighted by Crippen LogP contribution is 2.40. The minimum absolute atomic E-state index is 0.596. The van der Waals surface area contributed by atoms with Gasteiger partial charge in [-0.15, -0.1) is 5.54 Å². The van der Waals surface area contributed by atoms with E-state index in [1.165, 1.54) is 5.56 Å². The third-order valence-corrected chi connectivity index (χ3v) is 11.1. The average Bonchev–Trinajstić information content (AvgIpc) is 2.46. The van der Waals surface area contributed by atoms with Crippen LogP contribution in [0.2, 0.25) is 16.6 Å². The van der Waals surface area contributed by atoms with Crippen LogP contribution in [-0.2, 0) is 0 Å². The molecule has 1 aromatic carbocycles. The van der Waals surface area contributed by atoms with E-state index in [-0.39, 0.29) is 0 Å². The Balaban J connectivity index is 3.00. The second kappa shape index (κ2) is 8.39. The molecule has 1 atom stereocenters. The molecule has 2 heteroatoms. The van der Waals surface area contributed by atoms with Crippen LogP contribution in [-0.4, -0.2) is 13.2 Å². The molecule has 0 bridgehead atoms. The maximum absolute atomic E-state index is 10.1. The first-order valence-corrected chi connectivity index (χ1v) is 10.7. The highest BCUT2D eigenvalue weighted by molar-refractivity contribution is 6.90. The van der Waals surface area contributed by atoms with Crippen molar-refractivity contribution in [3.8, 4) is 23.3 Å². The van der Waals surface area contributed by atoms with Crippen molar-refractivity contribution in [2.45, 2.75) is 71.2 Å². The lowest BCUT2D eigenvalue weighted by atomic mass is 10.1. The average molecular weight is 327 g/mol. The summed E-state index contributed by atoms with van der Waals surface area (Å²) >= 11 is 0. The fourth-order valence-corrected chi connectivity index (χ4v) is 8.65. The second-order valence-electron chi connectivity index (χ2n) is 7.23. The number of hydrogen-bond donors (Lipinski definition) is 1. The van der Waals surface area contributed by atoms with Gasteiger partial charge in [0, 0.05) is 0 Å². The Morgan fingerprint density at radius 1 is 0.826 bits per heavy atom. The minimum atomic E-state index is -1.73. The number of aryl methyl sites for hydroxylation is 1. The molecule has 23 heavy (non-hydrogen) atoms. The van der Waals surface area contributed by atoms with Crippen LogP contribution in [0.1, 0.15) is 58.8 Å². The molecule has 0 spiro atoms. The van der Waals surface area contributed by atoms with E-state index in [1.54, 1.807) is 0 Å². The van der Waals surface area contributed by atoms with Crippen LogP contribution < -0.4 is 0 Å². The zero-order chi connectivity index (χ0) is 17.6. The predicted molar refractivity (Wildman–Crippen MR) is 103 cm³/mol. The maximum Gasteiger partial charge on any atom is 0.147 e. The summed E-state index contributed by atoms with van der Waals surface area (Å²) in [6, 6.07) is 7.80. The number of aliphatic hydroxyl groups is 1. The highest BCUT2D eigenvalue weighted by Gasteiger charge is 2.41. The molecule has 0 aliphatic rings. The van der Waals surface area contributed by atoms with Gasteiger partial charge >= 0.3 is 0 Å². The lowest BCUT2D eigenvalue weighted by Gasteiger charge is -2.37. The Kier molecular flexibility index (Phi) is 7.14. The van der Waals surface area contributed by atoms with Crippen molar-refractivity contribution in [1.82, 2.24) is 0 Å². The van der Waals surface area contributed by atoms with E-state index in [0.717, 1.165) is 5.56 Å². The molecule has 0 saturated carbocycles. The van der Waals surface area contributed by atoms with E-state index >= 15 is 0 Å². The van der Waals surface area contributed by atoms with E-state index in [2.05, 4.69) is 64.8 Å². The standard InChI is InChI=1S/C21H30OSi/c1-16(2)23(17(3)4,18(5)6)15-9-8-10-21(22)20-13-11-19(7)12-14-20/h11-14,16-18,21-22H,1-7H3/t21-/m0/s1. The zero-order valence-electron chi connectivity index (χ0n) is 15.6. The lowest BCUT2D eigenvalue weighted by Crippen LogP contribution is -2.43. The number of aliphatic hydroxyl groups excluding tert-OH is 1. The smallest absolute Gasteiger partial charge is 0.147 e. The first-order valence-electron chi connectivity index (χ1n) is 8.49. The molecule has 0 amide bonds. The second-order valence-corrected chi connectivity index (χ2v) is 12.8. The van der Waals surface area contributed by atoms with Gasteiger partial charge < -0.3 is 5.11 Å². The Morgan fingerprint density at radius 2 is 1.30 bits per heavy atom. The number of rotatable bonds is 4. The molecule has 0 unspecified atom stereocenters. The van der Waals surface area contributed by atoms with Crippen molar-refractivity contribution in [2.24, 2.45) is 0 Å². The van der Waals surface area contributed by atoms with E-state index in [1.807, 2.05) is 31.2 Å². The van der Waals surface area contributed by atoms with Crippen molar-refractivity contribution in [2.75, 3.05) is 0 Å². The molecule has 0 heterocycles. The van der Waals surface area contributed by atoms with Crippen LogP contribution in [0.5, 0.6) is 0 Å². The van der Waals surface area contributed by atoms with E-state index in [4.69, 9.17) is 0 Å². The van der Waals surface area contributed by atoms with Gasteiger partial charge in [0.25, 0.3) is 0 Å². The summed E-state index contributed by atoms with van der Waals surface area (Å²) in [5.74, 6) is 8.83. The van der Waals surface area contributed by atoms with Crippen molar-refractivity contribution < 1.29 is 5.11 Å². The third-order valence-electron chi connectivity index (χ3n) is 4.81. The summed E-state index contributed by atoms with van der Waals surface area (Å²) in [6.07, 6.45) is -0.766. The fraction of sp³-hybridized carbons (Fsp3) is 0.524. The maximum atomic E-state index is 10.1. The van der Waals surface area contributed by atoms with Gasteiger partial charge in [0.05, 0.1) is 0 Å². The molecule has 1 aromatic rings. The molecular weight excluding hydrogens is 296 g/mol. The van der Waals surface area contributed by atoms with Gasteiger partial charge in [-0.1, -0.05) is 77.3 Å². The molecule has 0 saturated heterocycles. The molecular formula is C21H30OSi. The summed E-state index contributed by atoms with van der Waals surface area (Å²) < 4.78 is 0. The van der Waals surface area contributed by atoms with Gasteiger partial charge in [-0.05, 0) is 41.0 Å². The van der Waals surface area contributed by atoms with Crippen molar-refractivity contribution >= 4 is 8.07 Å². The normalized spacial score (nSPS) is 12.7. The van der Waals surface area contributed by atoms with E-state index in [9.17, 15) is 5.11 Å². The fourth-order valence-electron chi connectivity index (χ4n) is 3.51. The van der Waals surface area contributed by atoms with Gasteiger partial charge in [0.1, 0.15) is 14.2 Å². The van der Waals surface area contributed by atoms with Crippen LogP contribution in [0.25, 0.3) is 0 Å². The number of benzene rings is 1. The van der Waals surface area contributed by atoms with Gasteiger partial charge in [-0.3, -0.25) is 0 Å².